The molecule has 3 aromatic carbocycles. The highest BCUT2D eigenvalue weighted by atomic mass is 35.5. The number of rotatable bonds is 5. The molecule has 0 fully saturated rings. The van der Waals surface area contributed by atoms with E-state index < -0.39 is 18.0 Å². The van der Waals surface area contributed by atoms with Crippen molar-refractivity contribution in [1.82, 2.24) is 15.2 Å². The minimum atomic E-state index is -4.46. The van der Waals surface area contributed by atoms with Crippen LogP contribution >= 0.6 is 23.4 Å². The van der Waals surface area contributed by atoms with Gasteiger partial charge in [-0.3, -0.25) is 0 Å². The number of benzene rings is 3. The average Bonchev–Trinajstić information content (AvgIpc) is 3.37. The maximum atomic E-state index is 13.2. The average molecular weight is 567 g/mol. The van der Waals surface area contributed by atoms with Crippen LogP contribution in [0.2, 0.25) is 5.02 Å². The molecule has 5 aromatic rings. The minimum absolute atomic E-state index is 0.253. The molecular weight excluding hydrogens is 549 g/mol. The van der Waals surface area contributed by atoms with E-state index >= 15 is 0 Å². The number of thioether (sulfide) groups is 1. The lowest BCUT2D eigenvalue weighted by molar-refractivity contribution is -0.137. The zero-order chi connectivity index (χ0) is 27.0. The number of nitrogens with zero attached hydrogens (tertiary/aromatic N) is 3. The Labute approximate surface area is 230 Å². The highest BCUT2D eigenvalue weighted by Crippen LogP contribution is 2.41. The van der Waals surface area contributed by atoms with Gasteiger partial charge < -0.3 is 14.5 Å². The highest BCUT2D eigenvalue weighted by Gasteiger charge is 2.31. The third kappa shape index (κ3) is 5.43. The van der Waals surface area contributed by atoms with Gasteiger partial charge >= 0.3 is 6.18 Å². The van der Waals surface area contributed by atoms with E-state index in [2.05, 4.69) is 20.5 Å². The predicted molar refractivity (Wildman–Crippen MR) is 142 cm³/mol. The quantitative estimate of drug-likeness (QED) is 0.215. The molecule has 6 rings (SSSR count). The van der Waals surface area contributed by atoms with Crippen molar-refractivity contribution in [3.8, 4) is 28.5 Å². The number of ether oxygens (including phenoxy) is 1. The van der Waals surface area contributed by atoms with Crippen LogP contribution in [0, 0.1) is 0 Å². The number of para-hydroxylation sites is 1. The Morgan fingerprint density at radius 3 is 2.56 bits per heavy atom. The third-order valence-electron chi connectivity index (χ3n) is 5.97. The summed E-state index contributed by atoms with van der Waals surface area (Å²) in [6.07, 6.45) is -5.28. The largest absolute Gasteiger partial charge is 0.455 e. The number of anilines is 1. The Balaban J connectivity index is 1.31. The van der Waals surface area contributed by atoms with E-state index in [-0.39, 0.29) is 11.6 Å². The van der Waals surface area contributed by atoms with Crippen LogP contribution in [0.1, 0.15) is 23.1 Å². The van der Waals surface area contributed by atoms with Crippen molar-refractivity contribution in [3.63, 3.8) is 0 Å². The second-order valence-corrected chi connectivity index (χ2v) is 10.0. The topological polar surface area (TPSA) is 73.1 Å². The van der Waals surface area contributed by atoms with E-state index in [0.717, 1.165) is 28.9 Å². The van der Waals surface area contributed by atoms with Crippen molar-refractivity contribution < 1.29 is 22.3 Å². The van der Waals surface area contributed by atoms with Crippen molar-refractivity contribution in [1.29, 1.82) is 0 Å². The fraction of sp³-hybridized carbons (Fsp3) is 0.107. The molecule has 39 heavy (non-hydrogen) atoms. The summed E-state index contributed by atoms with van der Waals surface area (Å²) >= 11 is 7.37. The van der Waals surface area contributed by atoms with Crippen LogP contribution in [-0.2, 0) is 11.9 Å². The van der Waals surface area contributed by atoms with Crippen molar-refractivity contribution in [2.24, 2.45) is 0 Å². The van der Waals surface area contributed by atoms with Gasteiger partial charge in [-0.25, -0.2) is 0 Å². The van der Waals surface area contributed by atoms with Gasteiger partial charge in [-0.1, -0.05) is 65.8 Å². The lowest BCUT2D eigenvalue weighted by atomic mass is 10.1. The van der Waals surface area contributed by atoms with Crippen molar-refractivity contribution >= 4 is 29.1 Å². The molecule has 6 nitrogen and oxygen atoms in total. The summed E-state index contributed by atoms with van der Waals surface area (Å²) in [7, 11) is 0. The van der Waals surface area contributed by atoms with Gasteiger partial charge in [0.1, 0.15) is 5.76 Å². The number of hydrogen-bond acceptors (Lipinski definition) is 7. The Hall–Kier alpha value is -4.02. The fourth-order valence-corrected chi connectivity index (χ4v) is 4.92. The molecular formula is C28H18ClF3N4O2S. The monoisotopic (exact) mass is 566 g/mol. The van der Waals surface area contributed by atoms with Crippen LogP contribution in [-0.4, -0.2) is 15.2 Å². The first kappa shape index (κ1) is 25.3. The van der Waals surface area contributed by atoms with Crippen LogP contribution in [0.4, 0.5) is 18.9 Å². The highest BCUT2D eigenvalue weighted by molar-refractivity contribution is 7.98. The van der Waals surface area contributed by atoms with Crippen molar-refractivity contribution in [2.75, 3.05) is 5.32 Å². The molecule has 1 unspecified atom stereocenters. The Morgan fingerprint density at radius 1 is 0.923 bits per heavy atom. The van der Waals surface area contributed by atoms with E-state index in [1.54, 1.807) is 18.2 Å². The summed E-state index contributed by atoms with van der Waals surface area (Å²) in [5.41, 5.74) is 2.52. The molecule has 11 heteroatoms. The second-order valence-electron chi connectivity index (χ2n) is 8.63. The molecule has 1 atom stereocenters. The third-order valence-corrected chi connectivity index (χ3v) is 7.14. The van der Waals surface area contributed by atoms with Gasteiger partial charge in [-0.05, 0) is 48.0 Å². The van der Waals surface area contributed by atoms with E-state index in [4.69, 9.17) is 20.8 Å². The maximum Gasteiger partial charge on any atom is 0.416 e. The number of alkyl halides is 3. The van der Waals surface area contributed by atoms with Crippen LogP contribution < -0.4 is 10.1 Å². The van der Waals surface area contributed by atoms with Gasteiger partial charge in [0.2, 0.25) is 17.3 Å². The summed E-state index contributed by atoms with van der Waals surface area (Å²) in [5.74, 6) is 1.50. The maximum absolute atomic E-state index is 13.2. The standard InChI is InChI=1S/C28H18ClF3N4O2S/c29-19-10-8-16(9-11-19)15-39-27-34-26-24(35-36-27)20-6-1-2-7-21(20)33-25(38-26)23-13-12-22(37-23)17-4-3-5-18(14-17)28(30,31)32/h1-14,25,33H,15H2. The van der Waals surface area contributed by atoms with E-state index in [1.807, 2.05) is 48.5 Å². The van der Waals surface area contributed by atoms with E-state index in [0.29, 0.717) is 32.9 Å². The lowest BCUT2D eigenvalue weighted by Gasteiger charge is -2.16. The number of halogens is 4. The lowest BCUT2D eigenvalue weighted by Crippen LogP contribution is -2.16. The number of nitrogens with one attached hydrogen (secondary N) is 1. The molecule has 1 N–H and O–H groups in total. The number of aromatic nitrogens is 3. The first-order chi connectivity index (χ1) is 18.8. The first-order valence-corrected chi connectivity index (χ1v) is 13.1. The zero-order valence-electron chi connectivity index (χ0n) is 19.9. The van der Waals surface area contributed by atoms with Crippen molar-refractivity contribution in [2.45, 2.75) is 23.3 Å². The van der Waals surface area contributed by atoms with Gasteiger partial charge in [0.05, 0.1) is 5.56 Å². The van der Waals surface area contributed by atoms with Gasteiger partial charge in [0, 0.05) is 27.6 Å². The van der Waals surface area contributed by atoms with Gasteiger partial charge in [-0.15, -0.1) is 10.2 Å². The Morgan fingerprint density at radius 2 is 1.74 bits per heavy atom. The number of fused-ring (bicyclic) bond motifs is 3. The summed E-state index contributed by atoms with van der Waals surface area (Å²) < 4.78 is 51.9. The van der Waals surface area contributed by atoms with Crippen LogP contribution in [0.25, 0.3) is 22.6 Å². The summed E-state index contributed by atoms with van der Waals surface area (Å²) in [5, 5.41) is 13.1. The molecule has 0 bridgehead atoms. The Kier molecular flexibility index (Phi) is 6.66. The fourth-order valence-electron chi connectivity index (χ4n) is 4.06. The smallest absolute Gasteiger partial charge is 0.416 e. The van der Waals surface area contributed by atoms with E-state index in [9.17, 15) is 13.2 Å². The van der Waals surface area contributed by atoms with E-state index in [1.165, 1.54) is 17.8 Å². The molecule has 2 aromatic heterocycles. The van der Waals surface area contributed by atoms with Crippen molar-refractivity contribution in [3.05, 3.63) is 107 Å². The number of hydrogen-bond donors (Lipinski definition) is 1. The summed E-state index contributed by atoms with van der Waals surface area (Å²) in [6.45, 7) is 0. The summed E-state index contributed by atoms with van der Waals surface area (Å²) in [6, 6.07) is 23.2. The van der Waals surface area contributed by atoms with Crippen LogP contribution in [0.15, 0.2) is 94.5 Å². The molecule has 0 amide bonds. The molecule has 196 valence electrons. The molecule has 1 aliphatic rings. The zero-order valence-corrected chi connectivity index (χ0v) is 21.5. The molecule has 0 saturated carbocycles. The van der Waals surface area contributed by atoms with Gasteiger partial charge in [0.15, 0.2) is 11.5 Å². The molecule has 0 saturated heterocycles. The predicted octanol–water partition coefficient (Wildman–Crippen LogP) is 8.27. The SMILES string of the molecule is FC(F)(F)c1cccc(-c2ccc(C3Nc4ccccc4-c4nnc(SCc5ccc(Cl)cc5)nc4O3)o2)c1. The second kappa shape index (κ2) is 10.3. The minimum Gasteiger partial charge on any atom is -0.455 e. The normalized spacial score (nSPS) is 14.5. The molecule has 1 aliphatic heterocycles. The number of furan rings is 1. The Bertz CT molecular complexity index is 1640. The van der Waals surface area contributed by atoms with Gasteiger partial charge in [-0.2, -0.15) is 18.2 Å². The summed E-state index contributed by atoms with van der Waals surface area (Å²) in [4.78, 5) is 4.62. The van der Waals surface area contributed by atoms with Crippen LogP contribution in [0.5, 0.6) is 5.88 Å². The molecule has 0 radical (unpaired) electrons. The first-order valence-electron chi connectivity index (χ1n) is 11.8. The molecule has 0 aliphatic carbocycles. The molecule has 0 spiro atoms. The van der Waals surface area contributed by atoms with Crippen LogP contribution in [0.3, 0.4) is 0 Å². The van der Waals surface area contributed by atoms with Gasteiger partial charge in [0.25, 0.3) is 0 Å². The molecule has 3 heterocycles.